The number of fused-ring (bicyclic) bond motifs is 1. The van der Waals surface area contributed by atoms with E-state index in [-0.39, 0.29) is 28.0 Å². The molecule has 0 amide bonds. The van der Waals surface area contributed by atoms with Crippen LogP contribution in [0.4, 0.5) is 11.4 Å². The molecule has 1 aromatic heterocycles. The van der Waals surface area contributed by atoms with Gasteiger partial charge in [-0.05, 0) is 0 Å². The van der Waals surface area contributed by atoms with Crippen molar-refractivity contribution in [1.29, 1.82) is 0 Å². The topological polar surface area (TPSA) is 113 Å². The van der Waals surface area contributed by atoms with E-state index >= 15 is 0 Å². The van der Waals surface area contributed by atoms with Gasteiger partial charge in [0.1, 0.15) is 0 Å². The van der Waals surface area contributed by atoms with Crippen molar-refractivity contribution >= 4 is 22.3 Å². The van der Waals surface area contributed by atoms with Gasteiger partial charge < -0.3 is 5.21 Å². The second kappa shape index (κ2) is 3.91. The third-order valence-corrected chi connectivity index (χ3v) is 2.60. The van der Waals surface area contributed by atoms with Crippen LogP contribution in [0.3, 0.4) is 0 Å². The maximum Gasteiger partial charge on any atom is 0.337 e. The van der Waals surface area contributed by atoms with Crippen LogP contribution in [0.2, 0.25) is 0 Å². The van der Waals surface area contributed by atoms with Crippen LogP contribution in [-0.2, 0) is 0 Å². The van der Waals surface area contributed by atoms with E-state index in [1.165, 1.54) is 19.1 Å². The molecule has 0 aliphatic carbocycles. The van der Waals surface area contributed by atoms with E-state index in [2.05, 4.69) is 0 Å². The lowest BCUT2D eigenvalue weighted by Crippen LogP contribution is -2.31. The van der Waals surface area contributed by atoms with Crippen LogP contribution in [0, 0.1) is 32.4 Å². The van der Waals surface area contributed by atoms with Crippen molar-refractivity contribution in [3.8, 4) is 0 Å². The zero-order valence-corrected chi connectivity index (χ0v) is 9.19. The highest BCUT2D eigenvalue weighted by Crippen LogP contribution is 2.24. The largest absolute Gasteiger partial charge is 0.618 e. The number of aromatic nitrogens is 1. The Labute approximate surface area is 100.0 Å². The predicted octanol–water partition coefficient (Wildman–Crippen LogP) is 1.60. The SMILES string of the molecule is Cc1c([N+](=O)[O-])cc2cc([N+](=O)[O-])ccc2[n+]1[O-]. The van der Waals surface area contributed by atoms with E-state index in [4.69, 9.17) is 0 Å². The summed E-state index contributed by atoms with van der Waals surface area (Å²) < 4.78 is 0.400. The van der Waals surface area contributed by atoms with Gasteiger partial charge in [0.2, 0.25) is 5.52 Å². The molecular formula is C10H7N3O5. The first-order valence-electron chi connectivity index (χ1n) is 4.87. The first-order chi connectivity index (χ1) is 8.41. The highest BCUT2D eigenvalue weighted by atomic mass is 16.6. The molecule has 0 unspecified atom stereocenters. The van der Waals surface area contributed by atoms with Crippen LogP contribution in [0.5, 0.6) is 0 Å². The molecule has 0 aliphatic heterocycles. The third-order valence-electron chi connectivity index (χ3n) is 2.60. The molecule has 0 atom stereocenters. The molecule has 18 heavy (non-hydrogen) atoms. The molecule has 92 valence electrons. The molecule has 2 rings (SSSR count). The van der Waals surface area contributed by atoms with Crippen molar-refractivity contribution in [2.75, 3.05) is 0 Å². The number of pyridine rings is 1. The first kappa shape index (κ1) is 11.7. The molecule has 0 bridgehead atoms. The van der Waals surface area contributed by atoms with Crippen molar-refractivity contribution in [2.24, 2.45) is 0 Å². The number of benzene rings is 1. The van der Waals surface area contributed by atoms with Gasteiger partial charge in [0.25, 0.3) is 11.4 Å². The van der Waals surface area contributed by atoms with E-state index in [1.54, 1.807) is 0 Å². The normalized spacial score (nSPS) is 10.5. The van der Waals surface area contributed by atoms with E-state index in [1.807, 2.05) is 0 Å². The monoisotopic (exact) mass is 249 g/mol. The lowest BCUT2D eigenvalue weighted by atomic mass is 10.1. The third kappa shape index (κ3) is 1.69. The molecule has 1 aromatic carbocycles. The second-order valence-electron chi connectivity index (χ2n) is 3.67. The maximum atomic E-state index is 11.8. The minimum atomic E-state index is -0.692. The summed E-state index contributed by atoms with van der Waals surface area (Å²) >= 11 is 0. The Kier molecular flexibility index (Phi) is 2.55. The molecule has 0 radical (unpaired) electrons. The molecule has 8 heteroatoms. The molecule has 0 aliphatic rings. The molecule has 0 saturated carbocycles. The van der Waals surface area contributed by atoms with Crippen LogP contribution >= 0.6 is 0 Å². The maximum absolute atomic E-state index is 11.8. The molecule has 0 spiro atoms. The Bertz CT molecular complexity index is 683. The molecule has 0 saturated heterocycles. The average Bonchev–Trinajstić information content (AvgIpc) is 2.32. The molecular weight excluding hydrogens is 242 g/mol. The van der Waals surface area contributed by atoms with Crippen molar-refractivity contribution in [3.05, 3.63) is 55.4 Å². The average molecular weight is 249 g/mol. The summed E-state index contributed by atoms with van der Waals surface area (Å²) in [6.07, 6.45) is 0. The number of hydrogen-bond donors (Lipinski definition) is 0. The summed E-state index contributed by atoms with van der Waals surface area (Å²) in [5.41, 5.74) is -0.483. The number of nitrogens with zero attached hydrogens (tertiary/aromatic N) is 3. The second-order valence-corrected chi connectivity index (χ2v) is 3.67. The highest BCUT2D eigenvalue weighted by Gasteiger charge is 2.23. The number of rotatable bonds is 2. The van der Waals surface area contributed by atoms with Crippen molar-refractivity contribution in [1.82, 2.24) is 0 Å². The molecule has 8 nitrogen and oxygen atoms in total. The molecule has 0 N–H and O–H groups in total. The number of non-ortho nitro benzene ring substituents is 1. The summed E-state index contributed by atoms with van der Waals surface area (Å²) in [6, 6.07) is 4.75. The zero-order chi connectivity index (χ0) is 13.4. The summed E-state index contributed by atoms with van der Waals surface area (Å²) in [5.74, 6) is 0. The number of hydrogen-bond acceptors (Lipinski definition) is 5. The Morgan fingerprint density at radius 1 is 1.11 bits per heavy atom. The van der Waals surface area contributed by atoms with E-state index in [9.17, 15) is 25.4 Å². The fourth-order valence-corrected chi connectivity index (χ4v) is 1.68. The van der Waals surface area contributed by atoms with Gasteiger partial charge in [0.05, 0.1) is 15.2 Å². The van der Waals surface area contributed by atoms with Gasteiger partial charge in [0, 0.05) is 31.2 Å². The summed E-state index contributed by atoms with van der Waals surface area (Å²) in [5, 5.41) is 33.3. The highest BCUT2D eigenvalue weighted by molar-refractivity contribution is 5.80. The van der Waals surface area contributed by atoms with Crippen LogP contribution in [0.15, 0.2) is 24.3 Å². The van der Waals surface area contributed by atoms with Crippen molar-refractivity contribution in [3.63, 3.8) is 0 Å². The van der Waals surface area contributed by atoms with Crippen LogP contribution in [0.25, 0.3) is 10.9 Å². The van der Waals surface area contributed by atoms with Gasteiger partial charge in [-0.1, -0.05) is 0 Å². The minimum absolute atomic E-state index is 0.0543. The van der Waals surface area contributed by atoms with Crippen LogP contribution in [-0.4, -0.2) is 9.85 Å². The minimum Gasteiger partial charge on any atom is -0.618 e. The predicted molar refractivity (Wildman–Crippen MR) is 61.0 cm³/mol. The van der Waals surface area contributed by atoms with Gasteiger partial charge >= 0.3 is 5.69 Å². The Balaban J connectivity index is 2.83. The van der Waals surface area contributed by atoms with Gasteiger partial charge in [0.15, 0.2) is 0 Å². The smallest absolute Gasteiger partial charge is 0.337 e. The summed E-state index contributed by atoms with van der Waals surface area (Å²) in [6.45, 7) is 1.33. The van der Waals surface area contributed by atoms with Crippen molar-refractivity contribution in [2.45, 2.75) is 6.92 Å². The summed E-state index contributed by atoms with van der Waals surface area (Å²) in [4.78, 5) is 20.0. The van der Waals surface area contributed by atoms with Gasteiger partial charge in [-0.2, -0.15) is 4.73 Å². The summed E-state index contributed by atoms with van der Waals surface area (Å²) in [7, 11) is 0. The molecule has 2 aromatic rings. The lowest BCUT2D eigenvalue weighted by molar-refractivity contribution is -0.589. The Morgan fingerprint density at radius 3 is 2.33 bits per heavy atom. The fourth-order valence-electron chi connectivity index (χ4n) is 1.68. The van der Waals surface area contributed by atoms with Crippen LogP contribution < -0.4 is 4.73 Å². The Hall–Kier alpha value is -2.77. The van der Waals surface area contributed by atoms with E-state index in [0.29, 0.717) is 4.73 Å². The number of nitro groups is 2. The van der Waals surface area contributed by atoms with Crippen LogP contribution in [0.1, 0.15) is 5.69 Å². The lowest BCUT2D eigenvalue weighted by Gasteiger charge is -2.05. The molecule has 0 fully saturated rings. The van der Waals surface area contributed by atoms with Gasteiger partial charge in [-0.3, -0.25) is 20.2 Å². The van der Waals surface area contributed by atoms with Gasteiger partial charge in [-0.25, -0.2) is 0 Å². The zero-order valence-electron chi connectivity index (χ0n) is 9.19. The Morgan fingerprint density at radius 2 is 1.78 bits per heavy atom. The fraction of sp³-hybridized carbons (Fsp3) is 0.100. The standard InChI is InChI=1S/C10H7N3O5/c1-6-10(13(17)18)5-7-4-8(12(15)16)2-3-9(7)11(6)14/h2-5H,1H3. The van der Waals surface area contributed by atoms with E-state index in [0.717, 1.165) is 12.1 Å². The number of nitro benzene ring substituents is 1. The van der Waals surface area contributed by atoms with E-state index < -0.39 is 9.85 Å². The first-order valence-corrected chi connectivity index (χ1v) is 4.87. The molecule has 1 heterocycles. The van der Waals surface area contributed by atoms with Gasteiger partial charge in [-0.15, -0.1) is 0 Å². The van der Waals surface area contributed by atoms with Crippen molar-refractivity contribution < 1.29 is 14.6 Å². The quantitative estimate of drug-likeness (QED) is 0.347.